The van der Waals surface area contributed by atoms with Crippen molar-refractivity contribution < 1.29 is 14.3 Å². The number of ether oxygens (including phenoxy) is 2. The van der Waals surface area contributed by atoms with Crippen LogP contribution in [0, 0.1) is 0 Å². The van der Waals surface area contributed by atoms with Gasteiger partial charge in [0.05, 0.1) is 6.61 Å². The third kappa shape index (κ3) is 3.90. The lowest BCUT2D eigenvalue weighted by atomic mass is 10.1. The number of hydrogen-bond donors (Lipinski definition) is 0. The molecule has 0 heterocycles. The molecule has 1 rings (SSSR count). The highest BCUT2D eigenvalue weighted by atomic mass is 35.5. The summed E-state index contributed by atoms with van der Waals surface area (Å²) in [6.07, 6.45) is 0. The van der Waals surface area contributed by atoms with Crippen LogP contribution < -0.4 is 4.74 Å². The SMILES string of the molecule is COCCOc1cc(Cl)cc(C(C)=O)c1. The molecule has 4 heteroatoms. The zero-order valence-corrected chi connectivity index (χ0v) is 9.50. The van der Waals surface area contributed by atoms with Crippen LogP contribution in [0.15, 0.2) is 18.2 Å². The predicted molar refractivity (Wildman–Crippen MR) is 58.8 cm³/mol. The van der Waals surface area contributed by atoms with Crippen LogP contribution in [0.2, 0.25) is 5.02 Å². The lowest BCUT2D eigenvalue weighted by Gasteiger charge is -2.07. The highest BCUT2D eigenvalue weighted by Crippen LogP contribution is 2.21. The summed E-state index contributed by atoms with van der Waals surface area (Å²) in [5, 5.41) is 0.495. The van der Waals surface area contributed by atoms with E-state index < -0.39 is 0 Å². The number of Topliss-reactive ketones (excluding diaryl/α,β-unsaturated/α-hetero) is 1. The summed E-state index contributed by atoms with van der Waals surface area (Å²) in [6.45, 7) is 2.43. The minimum Gasteiger partial charge on any atom is -0.491 e. The Kier molecular flexibility index (Phi) is 4.59. The fourth-order valence-corrected chi connectivity index (χ4v) is 1.32. The third-order valence-corrected chi connectivity index (χ3v) is 2.05. The normalized spacial score (nSPS) is 10.1. The summed E-state index contributed by atoms with van der Waals surface area (Å²) >= 11 is 5.84. The van der Waals surface area contributed by atoms with Crippen molar-refractivity contribution in [3.05, 3.63) is 28.8 Å². The summed E-state index contributed by atoms with van der Waals surface area (Å²) in [6, 6.07) is 4.96. The molecule has 0 aliphatic rings. The molecule has 0 amide bonds. The first-order valence-corrected chi connectivity index (χ1v) is 4.94. The molecular weight excluding hydrogens is 216 g/mol. The van der Waals surface area contributed by atoms with Gasteiger partial charge in [0, 0.05) is 17.7 Å². The van der Waals surface area contributed by atoms with Crippen molar-refractivity contribution in [1.82, 2.24) is 0 Å². The van der Waals surface area contributed by atoms with Crippen molar-refractivity contribution in [1.29, 1.82) is 0 Å². The predicted octanol–water partition coefficient (Wildman–Crippen LogP) is 2.57. The fourth-order valence-electron chi connectivity index (χ4n) is 1.09. The van der Waals surface area contributed by atoms with Crippen LogP contribution in [0.5, 0.6) is 5.75 Å². The van der Waals surface area contributed by atoms with E-state index in [2.05, 4.69) is 0 Å². The molecular formula is C11H13ClO3. The van der Waals surface area contributed by atoms with E-state index in [9.17, 15) is 4.79 Å². The second kappa shape index (κ2) is 5.73. The van der Waals surface area contributed by atoms with Crippen molar-refractivity contribution in [2.45, 2.75) is 6.92 Å². The Morgan fingerprint density at radius 2 is 2.07 bits per heavy atom. The molecule has 0 aliphatic carbocycles. The van der Waals surface area contributed by atoms with E-state index in [4.69, 9.17) is 21.1 Å². The van der Waals surface area contributed by atoms with Gasteiger partial charge in [0.15, 0.2) is 5.78 Å². The van der Waals surface area contributed by atoms with Gasteiger partial charge in [0.25, 0.3) is 0 Å². The first kappa shape index (κ1) is 12.0. The van der Waals surface area contributed by atoms with Crippen LogP contribution in [0.1, 0.15) is 17.3 Å². The van der Waals surface area contributed by atoms with Gasteiger partial charge in [-0.3, -0.25) is 4.79 Å². The Labute approximate surface area is 93.9 Å². The van der Waals surface area contributed by atoms with Crippen LogP contribution >= 0.6 is 11.6 Å². The van der Waals surface area contributed by atoms with Crippen molar-refractivity contribution in [3.63, 3.8) is 0 Å². The van der Waals surface area contributed by atoms with Crippen LogP contribution in [0.25, 0.3) is 0 Å². The first-order chi connectivity index (χ1) is 7.13. The Hall–Kier alpha value is -1.06. The van der Waals surface area contributed by atoms with E-state index in [-0.39, 0.29) is 5.78 Å². The third-order valence-electron chi connectivity index (χ3n) is 1.83. The minimum absolute atomic E-state index is 0.0332. The lowest BCUT2D eigenvalue weighted by molar-refractivity contribution is 0.101. The zero-order valence-electron chi connectivity index (χ0n) is 8.75. The number of carbonyl (C=O) groups is 1. The molecule has 0 fully saturated rings. The number of benzene rings is 1. The van der Waals surface area contributed by atoms with Crippen molar-refractivity contribution in [2.75, 3.05) is 20.3 Å². The molecule has 0 saturated heterocycles. The first-order valence-electron chi connectivity index (χ1n) is 4.56. The fraction of sp³-hybridized carbons (Fsp3) is 0.364. The maximum atomic E-state index is 11.1. The van der Waals surface area contributed by atoms with Gasteiger partial charge in [-0.2, -0.15) is 0 Å². The summed E-state index contributed by atoms with van der Waals surface area (Å²) in [4.78, 5) is 11.1. The average Bonchev–Trinajstić information content (AvgIpc) is 2.17. The average molecular weight is 229 g/mol. The Bertz CT molecular complexity index is 350. The number of hydrogen-bond acceptors (Lipinski definition) is 3. The largest absolute Gasteiger partial charge is 0.491 e. The standard InChI is InChI=1S/C11H13ClO3/c1-8(13)9-5-10(12)7-11(6-9)15-4-3-14-2/h5-7H,3-4H2,1-2H3. The highest BCUT2D eigenvalue weighted by molar-refractivity contribution is 6.31. The minimum atomic E-state index is -0.0332. The molecule has 0 unspecified atom stereocenters. The monoisotopic (exact) mass is 228 g/mol. The Morgan fingerprint density at radius 1 is 1.33 bits per heavy atom. The quantitative estimate of drug-likeness (QED) is 0.574. The van der Waals surface area contributed by atoms with E-state index in [1.807, 2.05) is 0 Å². The van der Waals surface area contributed by atoms with E-state index in [1.165, 1.54) is 6.92 Å². The lowest BCUT2D eigenvalue weighted by Crippen LogP contribution is -2.05. The van der Waals surface area contributed by atoms with Gasteiger partial charge in [-0.05, 0) is 25.1 Å². The maximum absolute atomic E-state index is 11.1. The number of ketones is 1. The number of rotatable bonds is 5. The molecule has 3 nitrogen and oxygen atoms in total. The van der Waals surface area contributed by atoms with Gasteiger partial charge in [-0.15, -0.1) is 0 Å². The van der Waals surface area contributed by atoms with Crippen LogP contribution in [-0.4, -0.2) is 26.1 Å². The second-order valence-electron chi connectivity index (χ2n) is 3.07. The van der Waals surface area contributed by atoms with Crippen molar-refractivity contribution in [3.8, 4) is 5.75 Å². The van der Waals surface area contributed by atoms with Gasteiger partial charge in [-0.1, -0.05) is 11.6 Å². The van der Waals surface area contributed by atoms with Crippen molar-refractivity contribution >= 4 is 17.4 Å². The number of carbonyl (C=O) groups excluding carboxylic acids is 1. The van der Waals surface area contributed by atoms with Gasteiger partial charge in [0.2, 0.25) is 0 Å². The summed E-state index contributed by atoms with van der Waals surface area (Å²) in [5.74, 6) is 0.554. The Morgan fingerprint density at radius 3 is 2.67 bits per heavy atom. The molecule has 1 aromatic carbocycles. The van der Waals surface area contributed by atoms with Crippen LogP contribution in [0.4, 0.5) is 0 Å². The second-order valence-corrected chi connectivity index (χ2v) is 3.51. The maximum Gasteiger partial charge on any atom is 0.159 e. The molecule has 0 bridgehead atoms. The molecule has 15 heavy (non-hydrogen) atoms. The molecule has 0 atom stereocenters. The van der Waals surface area contributed by atoms with Gasteiger partial charge < -0.3 is 9.47 Å². The molecule has 1 aromatic rings. The topological polar surface area (TPSA) is 35.5 Å². The van der Waals surface area contributed by atoms with E-state index in [0.29, 0.717) is 29.5 Å². The summed E-state index contributed by atoms with van der Waals surface area (Å²) < 4.78 is 10.2. The molecule has 82 valence electrons. The van der Waals surface area contributed by atoms with Crippen molar-refractivity contribution in [2.24, 2.45) is 0 Å². The number of methoxy groups -OCH3 is 1. The smallest absolute Gasteiger partial charge is 0.159 e. The van der Waals surface area contributed by atoms with E-state index in [0.717, 1.165) is 0 Å². The zero-order chi connectivity index (χ0) is 11.3. The molecule has 0 aromatic heterocycles. The van der Waals surface area contributed by atoms with Crippen LogP contribution in [-0.2, 0) is 4.74 Å². The molecule has 0 aliphatic heterocycles. The highest BCUT2D eigenvalue weighted by Gasteiger charge is 2.04. The van der Waals surface area contributed by atoms with Gasteiger partial charge in [0.1, 0.15) is 12.4 Å². The number of halogens is 1. The molecule has 0 N–H and O–H groups in total. The molecule has 0 spiro atoms. The van der Waals surface area contributed by atoms with Gasteiger partial charge in [-0.25, -0.2) is 0 Å². The van der Waals surface area contributed by atoms with Crippen LogP contribution in [0.3, 0.4) is 0 Å². The summed E-state index contributed by atoms with van der Waals surface area (Å²) in [7, 11) is 1.60. The molecule has 0 saturated carbocycles. The Balaban J connectivity index is 2.75. The molecule has 0 radical (unpaired) electrons. The van der Waals surface area contributed by atoms with E-state index in [1.54, 1.807) is 25.3 Å². The van der Waals surface area contributed by atoms with E-state index >= 15 is 0 Å². The summed E-state index contributed by atoms with van der Waals surface area (Å²) in [5.41, 5.74) is 0.551. The van der Waals surface area contributed by atoms with Gasteiger partial charge >= 0.3 is 0 Å².